The highest BCUT2D eigenvalue weighted by Crippen LogP contribution is 2.39. The fraction of sp³-hybridized carbons (Fsp3) is 0.625. The molecule has 0 aromatic heterocycles. The molecule has 32 heavy (non-hydrogen) atoms. The summed E-state index contributed by atoms with van der Waals surface area (Å²) in [5.41, 5.74) is 1.77. The van der Waals surface area contributed by atoms with Gasteiger partial charge in [-0.15, -0.1) is 0 Å². The number of ether oxygens (including phenoxy) is 2. The number of rotatable bonds is 4. The minimum Gasteiger partial charge on any atom is -0.496 e. The van der Waals surface area contributed by atoms with E-state index < -0.39 is 16.1 Å². The summed E-state index contributed by atoms with van der Waals surface area (Å²) in [6, 6.07) is 7.54. The molecule has 1 atom stereocenters. The maximum Gasteiger partial charge on any atom is 0.264 e. The number of carbonyl (C=O) groups is 1. The zero-order chi connectivity index (χ0) is 22.1. The van der Waals surface area contributed by atoms with Crippen LogP contribution >= 0.6 is 0 Å². The van der Waals surface area contributed by atoms with Crippen molar-refractivity contribution < 1.29 is 22.7 Å². The molecule has 2 saturated carbocycles. The number of sulfonamides is 1. The van der Waals surface area contributed by atoms with Gasteiger partial charge in [0.25, 0.3) is 5.91 Å². The summed E-state index contributed by atoms with van der Waals surface area (Å²) in [5.74, 6) is 1.43. The molecule has 6 rings (SSSR count). The van der Waals surface area contributed by atoms with Gasteiger partial charge in [0.1, 0.15) is 12.0 Å². The highest BCUT2D eigenvalue weighted by molar-refractivity contribution is 7.89. The molecule has 1 unspecified atom stereocenters. The molecule has 8 heteroatoms. The van der Waals surface area contributed by atoms with Gasteiger partial charge in [-0.05, 0) is 74.8 Å². The Kier molecular flexibility index (Phi) is 6.16. The van der Waals surface area contributed by atoms with Crippen molar-refractivity contribution in [2.45, 2.75) is 69.4 Å². The maximum absolute atomic E-state index is 13.2. The Morgan fingerprint density at radius 3 is 2.59 bits per heavy atom. The molecule has 3 fully saturated rings. The first-order chi connectivity index (χ1) is 15.5. The second-order valence-corrected chi connectivity index (χ2v) is 11.4. The molecular weight excluding hydrogens is 428 g/mol. The lowest BCUT2D eigenvalue weighted by Gasteiger charge is -2.36. The molecule has 3 aliphatic heterocycles. The Morgan fingerprint density at radius 2 is 1.81 bits per heavy atom. The average molecular weight is 461 g/mol. The zero-order valence-corrected chi connectivity index (χ0v) is 19.2. The van der Waals surface area contributed by atoms with Crippen molar-refractivity contribution in [3.63, 3.8) is 0 Å². The zero-order valence-electron chi connectivity index (χ0n) is 18.4. The molecule has 174 valence electrons. The molecular formula is C24H32N2O5S. The summed E-state index contributed by atoms with van der Waals surface area (Å²) in [4.78, 5) is 14.8. The molecule has 0 spiro atoms. The molecule has 1 aromatic rings. The van der Waals surface area contributed by atoms with Gasteiger partial charge in [0.15, 0.2) is 6.61 Å². The number of para-hydroxylation sites is 1. The normalized spacial score (nSPS) is 30.4. The molecule has 1 saturated heterocycles. The lowest BCUT2D eigenvalue weighted by molar-refractivity contribution is -0.132. The van der Waals surface area contributed by atoms with E-state index in [9.17, 15) is 13.2 Å². The van der Waals surface area contributed by atoms with Crippen LogP contribution in [0.2, 0.25) is 0 Å². The predicted octanol–water partition coefficient (Wildman–Crippen LogP) is 3.28. The van der Waals surface area contributed by atoms with E-state index in [2.05, 4.69) is 10.8 Å². The van der Waals surface area contributed by atoms with Crippen LogP contribution in [-0.4, -0.2) is 50.3 Å². The second-order valence-electron chi connectivity index (χ2n) is 9.56. The molecule has 1 N–H and O–H groups in total. The molecule has 0 radical (unpaired) electrons. The van der Waals surface area contributed by atoms with Gasteiger partial charge < -0.3 is 14.4 Å². The molecule has 2 aliphatic carbocycles. The number of nitrogens with zero attached hydrogens (tertiary/aromatic N) is 1. The predicted molar refractivity (Wildman–Crippen MR) is 120 cm³/mol. The van der Waals surface area contributed by atoms with E-state index in [1.165, 1.54) is 0 Å². The van der Waals surface area contributed by atoms with Gasteiger partial charge in [-0.1, -0.05) is 18.2 Å². The maximum atomic E-state index is 13.2. The van der Waals surface area contributed by atoms with Gasteiger partial charge in [0, 0.05) is 6.54 Å². The molecule has 7 nitrogen and oxygen atoms in total. The van der Waals surface area contributed by atoms with Gasteiger partial charge in [-0.3, -0.25) is 4.79 Å². The standard InChI is InChI=1S/C24H32N2O5S/c27-24-15-31-23-6-2-1-4-20(23)18-9-11-19(12-10-18)30-14-22-21(5-3-13-26(22)24)25-32(28,29)16-17-7-8-17/h1-2,4,6,14,17-19,21,25H,3,5,7-13,15-16H2/b22-14-. The van der Waals surface area contributed by atoms with E-state index in [-0.39, 0.29) is 30.3 Å². The Balaban J connectivity index is 1.41. The van der Waals surface area contributed by atoms with Crippen molar-refractivity contribution in [2.24, 2.45) is 5.92 Å². The summed E-state index contributed by atoms with van der Waals surface area (Å²) >= 11 is 0. The van der Waals surface area contributed by atoms with Gasteiger partial charge in [0.2, 0.25) is 10.0 Å². The van der Waals surface area contributed by atoms with E-state index in [0.29, 0.717) is 24.6 Å². The fourth-order valence-corrected chi connectivity index (χ4v) is 6.88. The number of piperidine rings is 1. The Bertz CT molecular complexity index is 980. The van der Waals surface area contributed by atoms with Crippen LogP contribution in [0.4, 0.5) is 0 Å². The van der Waals surface area contributed by atoms with E-state index >= 15 is 0 Å². The lowest BCUT2D eigenvalue weighted by Crippen LogP contribution is -2.49. The summed E-state index contributed by atoms with van der Waals surface area (Å²) < 4.78 is 40.4. The van der Waals surface area contributed by atoms with Gasteiger partial charge in [-0.2, -0.15) is 0 Å². The van der Waals surface area contributed by atoms with Gasteiger partial charge in [0.05, 0.1) is 23.6 Å². The third kappa shape index (κ3) is 4.96. The summed E-state index contributed by atoms with van der Waals surface area (Å²) in [5, 5.41) is 0. The van der Waals surface area contributed by atoms with Crippen LogP contribution in [0.1, 0.15) is 62.8 Å². The third-order valence-corrected chi connectivity index (χ3v) is 8.64. The van der Waals surface area contributed by atoms with Crippen molar-refractivity contribution >= 4 is 15.9 Å². The Labute approximate surface area is 190 Å². The van der Waals surface area contributed by atoms with Crippen LogP contribution in [0.3, 0.4) is 0 Å². The molecule has 1 aromatic carbocycles. The summed E-state index contributed by atoms with van der Waals surface area (Å²) in [6.07, 6.45) is 8.91. The monoisotopic (exact) mass is 460 g/mol. The van der Waals surface area contributed by atoms with Crippen molar-refractivity contribution in [1.82, 2.24) is 9.62 Å². The number of benzene rings is 1. The topological polar surface area (TPSA) is 84.9 Å². The van der Waals surface area contributed by atoms with Crippen LogP contribution in [0.15, 0.2) is 36.2 Å². The largest absolute Gasteiger partial charge is 0.496 e. The van der Waals surface area contributed by atoms with Crippen molar-refractivity contribution in [1.29, 1.82) is 0 Å². The minimum atomic E-state index is -3.41. The highest BCUT2D eigenvalue weighted by Gasteiger charge is 2.36. The van der Waals surface area contributed by atoms with Crippen LogP contribution < -0.4 is 9.46 Å². The van der Waals surface area contributed by atoms with Crippen molar-refractivity contribution in [3.8, 4) is 5.75 Å². The minimum absolute atomic E-state index is 0.0773. The van der Waals surface area contributed by atoms with E-state index in [1.54, 1.807) is 11.2 Å². The summed E-state index contributed by atoms with van der Waals surface area (Å²) in [7, 11) is -3.41. The van der Waals surface area contributed by atoms with Crippen molar-refractivity contribution in [2.75, 3.05) is 18.9 Å². The summed E-state index contributed by atoms with van der Waals surface area (Å²) in [6.45, 7) is 0.458. The van der Waals surface area contributed by atoms with E-state index in [1.807, 2.05) is 18.2 Å². The number of nitrogens with one attached hydrogen (secondary N) is 1. The number of hydrogen-bond acceptors (Lipinski definition) is 5. The number of fused-ring (bicyclic) bond motifs is 5. The highest BCUT2D eigenvalue weighted by atomic mass is 32.2. The average Bonchev–Trinajstić information content (AvgIpc) is 3.59. The van der Waals surface area contributed by atoms with Crippen LogP contribution in [0.25, 0.3) is 0 Å². The molecule has 3 heterocycles. The second kappa shape index (κ2) is 9.06. The quantitative estimate of drug-likeness (QED) is 0.745. The first kappa shape index (κ1) is 21.8. The molecule has 5 aliphatic rings. The van der Waals surface area contributed by atoms with Crippen molar-refractivity contribution in [3.05, 3.63) is 41.8 Å². The van der Waals surface area contributed by atoms with Gasteiger partial charge >= 0.3 is 0 Å². The third-order valence-electron chi connectivity index (χ3n) is 7.08. The van der Waals surface area contributed by atoms with Crippen LogP contribution in [0, 0.1) is 5.92 Å². The van der Waals surface area contributed by atoms with E-state index in [4.69, 9.17) is 9.47 Å². The van der Waals surface area contributed by atoms with E-state index in [0.717, 1.165) is 56.3 Å². The molecule has 2 bridgehead atoms. The fourth-order valence-electron chi connectivity index (χ4n) is 5.15. The van der Waals surface area contributed by atoms with Crippen LogP contribution in [0.5, 0.6) is 5.75 Å². The Hall–Kier alpha value is -2.06. The number of carbonyl (C=O) groups excluding carboxylic acids is 1. The number of hydrogen-bond donors (Lipinski definition) is 1. The molecule has 1 amide bonds. The smallest absolute Gasteiger partial charge is 0.264 e. The first-order valence-corrected chi connectivity index (χ1v) is 13.5. The van der Waals surface area contributed by atoms with Gasteiger partial charge in [-0.25, -0.2) is 13.1 Å². The SMILES string of the molecule is O=C1COc2ccccc2C2CCC(CC2)O/C=C2/C(NS(=O)(=O)CC3CC3)CCCN12. The Morgan fingerprint density at radius 1 is 1.03 bits per heavy atom. The first-order valence-electron chi connectivity index (χ1n) is 11.9. The lowest BCUT2D eigenvalue weighted by atomic mass is 9.82. The number of amides is 1. The van der Waals surface area contributed by atoms with Crippen LogP contribution in [-0.2, 0) is 19.6 Å².